The fraction of sp³-hybridized carbons (Fsp3) is 0.256. The van der Waals surface area contributed by atoms with Gasteiger partial charge in [-0.15, -0.1) is 0 Å². The number of hydrogen-bond acceptors (Lipinski definition) is 5. The van der Waals surface area contributed by atoms with E-state index in [4.69, 9.17) is 8.53 Å². The first-order chi connectivity index (χ1) is 72.7. The van der Waals surface area contributed by atoms with Crippen LogP contribution in [0.5, 0.6) is 0 Å². The van der Waals surface area contributed by atoms with Crippen LogP contribution >= 0.6 is 0 Å². The Morgan fingerprint density at radius 2 is 0.596 bits per heavy atom. The Morgan fingerprint density at radius 3 is 0.938 bits per heavy atom. The number of rotatable bonds is 18. The quantitative estimate of drug-likeness (QED) is 0.0793. The van der Waals surface area contributed by atoms with Gasteiger partial charge < -0.3 is 22.7 Å². The molecule has 12 aromatic carbocycles. The van der Waals surface area contributed by atoms with Gasteiger partial charge in [0.1, 0.15) is 107 Å². The second-order valence-corrected chi connectivity index (χ2v) is 41.3. The zero-order valence-corrected chi connectivity index (χ0v) is 87.8. The molecule has 4 aliphatic rings. The second kappa shape index (κ2) is 38.0. The Hall–Kier alpha value is -15.9. The van der Waals surface area contributed by atoms with Crippen molar-refractivity contribution in [1.29, 1.82) is 0 Å². The van der Waals surface area contributed by atoms with E-state index in [0.29, 0.717) is 5.58 Å². The highest BCUT2D eigenvalue weighted by Crippen LogP contribution is 2.50. The monoisotopic (exact) mass is 1930 g/mol. The van der Waals surface area contributed by atoms with Crippen molar-refractivity contribution < 1.29 is 32.3 Å². The van der Waals surface area contributed by atoms with Crippen LogP contribution in [0.3, 0.4) is 0 Å². The van der Waals surface area contributed by atoms with E-state index in [1.165, 1.54) is 72.6 Å². The minimum Gasteiger partial charge on any atom is -0.456 e. The second-order valence-electron chi connectivity index (χ2n) is 41.3. The summed E-state index contributed by atoms with van der Waals surface area (Å²) >= 11 is 0. The van der Waals surface area contributed by atoms with Crippen molar-refractivity contribution in [2.75, 3.05) is 0 Å². The average Bonchev–Trinajstić information content (AvgIpc) is 1.59. The molecule has 4 aliphatic heterocycles. The van der Waals surface area contributed by atoms with Crippen LogP contribution in [0.2, 0.25) is 0 Å². The Labute approximate surface area is 867 Å². The van der Waals surface area contributed by atoms with Gasteiger partial charge in [-0.3, -0.25) is 0 Å². The number of aromatic nitrogens is 16. The number of nitrogens with zero attached hydrogens (tertiary/aromatic N) is 16. The summed E-state index contributed by atoms with van der Waals surface area (Å²) in [5.74, 6) is 2.33. The molecule has 0 spiro atoms. The number of aryl methyl sites for hydroxylation is 8. The molecule has 0 saturated carbocycles. The maximum Gasteiger partial charge on any atom is 0.294 e. The predicted octanol–water partition coefficient (Wildman–Crippen LogP) is 28.2. The molecule has 0 aliphatic carbocycles. The third-order valence-electron chi connectivity index (χ3n) is 30.0. The summed E-state index contributed by atoms with van der Waals surface area (Å²) in [6.07, 6.45) is 35.5. The molecule has 730 valence electrons. The molecule has 146 heavy (non-hydrogen) atoms. The van der Waals surface area contributed by atoms with Crippen molar-refractivity contribution in [2.45, 2.75) is 192 Å². The topological polar surface area (TPSA) is 120 Å². The molecule has 0 radical (unpaired) electrons. The van der Waals surface area contributed by atoms with E-state index >= 15 is 0 Å². The van der Waals surface area contributed by atoms with E-state index in [1.807, 2.05) is 195 Å². The molecular formula is C129H132N16O+4. The summed E-state index contributed by atoms with van der Waals surface area (Å²) in [6, 6.07) is 73.8. The van der Waals surface area contributed by atoms with Crippen molar-refractivity contribution in [3.63, 3.8) is 0 Å². The fourth-order valence-electron chi connectivity index (χ4n) is 22.9. The van der Waals surface area contributed by atoms with Gasteiger partial charge in [0.15, 0.2) is 0 Å². The van der Waals surface area contributed by atoms with Gasteiger partial charge in [-0.05, 0) is 202 Å². The van der Waals surface area contributed by atoms with Gasteiger partial charge in [0.05, 0.1) is 73.2 Å². The smallest absolute Gasteiger partial charge is 0.294 e. The van der Waals surface area contributed by atoms with Gasteiger partial charge >= 0.3 is 0 Å². The molecule has 0 amide bonds. The van der Waals surface area contributed by atoms with E-state index in [2.05, 4.69) is 344 Å². The summed E-state index contributed by atoms with van der Waals surface area (Å²) in [5.41, 5.74) is 37.4. The van der Waals surface area contributed by atoms with Crippen molar-refractivity contribution in [1.82, 2.24) is 56.5 Å². The Balaban J connectivity index is 0.000000115. The van der Waals surface area contributed by atoms with E-state index < -0.39 is 41.3 Å². The predicted molar refractivity (Wildman–Crippen MR) is 590 cm³/mol. The minimum atomic E-state index is -1.00. The van der Waals surface area contributed by atoms with Gasteiger partial charge in [0, 0.05) is 140 Å². The van der Waals surface area contributed by atoms with Crippen molar-refractivity contribution in [3.8, 4) is 124 Å². The zero-order chi connectivity index (χ0) is 108. The third-order valence-corrected chi connectivity index (χ3v) is 30.0. The maximum atomic E-state index is 9.38. The van der Waals surface area contributed by atoms with Crippen molar-refractivity contribution >= 4 is 21.9 Å². The number of para-hydroxylation sites is 2. The van der Waals surface area contributed by atoms with E-state index in [9.17, 15) is 5.48 Å². The molecule has 0 fully saturated rings. The lowest BCUT2D eigenvalue weighted by atomic mass is 9.88. The third kappa shape index (κ3) is 16.2. The van der Waals surface area contributed by atoms with Crippen LogP contribution in [-0.2, 0) is 53.9 Å². The van der Waals surface area contributed by atoms with Crippen LogP contribution in [-0.4, -0.2) is 56.5 Å². The molecule has 0 bridgehead atoms. The molecule has 21 aromatic rings. The van der Waals surface area contributed by atoms with Crippen LogP contribution in [0, 0.1) is 27.7 Å². The molecule has 0 unspecified atom stereocenters. The number of benzene rings is 12. The molecule has 25 rings (SSSR count). The minimum absolute atomic E-state index is 0.710. The highest BCUT2D eigenvalue weighted by Gasteiger charge is 2.40. The highest BCUT2D eigenvalue weighted by molar-refractivity contribution is 6.07. The summed E-state index contributed by atoms with van der Waals surface area (Å²) < 4.78 is 96.8. The SMILES string of the molecule is [2H]C(C)(C)c1cc(-c2ccccc2)c(-n2cc[n+](C)c2-c2c(C)ccc3c2Cc2nccn2-3)c(-c2ccccc2)c1.[2H]C(C)(C)c1cc(-c2ccccc2)cc(C([2H])(C)C)c1-n1cc[n+](C)c1-c1c(C)ccc2c1Cc1nccn1-2.[2H]C(C)(C)c1cc2c(oc3ccccc32)c(C([2H])(C)C)c1-n1cc[n+](C)c1-c1c(C)ccc2c1Cc1nccn1-2.[2H]C(C)(C)c1cccc(C([2H])(C)C)c1-n1cc[n+](C)c1-c1c(C)ccc2c1Cc1nccn1-2. The van der Waals surface area contributed by atoms with Crippen LogP contribution in [0.1, 0.15) is 255 Å². The number of imidazole rings is 8. The first-order valence-electron chi connectivity index (χ1n) is 54.3. The standard InChI is InChI=1S/C36H33N4.C33H33N4O.C33H35N4.C27H31N4/c1-24(2)28-21-29(26-11-7-5-8-12-26)35(30(22-28)27-13-9-6-10-14-27)40-20-19-38(4)36(40)34-25(3)15-16-32-31(34)23-33-37-17-18-39(32)33;1-19(2)23-17-24-22-9-7-8-10-27(22)38-32(24)29(20(3)4)31(23)37-16-15-35(6)33(37)30-21(5)11-12-26-25(30)18-28-34-13-14-36(26)28;1-21(2)26-18-25(24-10-8-7-9-11-24)19-27(22(3)4)32(26)37-17-16-35(6)33(37)31-23(5)12-13-29-28(31)20-30-34-14-15-36(29)30;1-17(2)20-8-7-9-21(18(3)4)26(20)31-15-14-29(6)27(31)25-19(5)10-11-23-22(25)16-24-28-12-13-30(23)24/h5-22,24H,23H2,1-4H3;7-17,19-20H,18H2,1-6H3;7-19,21-22H,20H2,1-6H3;7-15,17-18H,16H2,1-6H3/q4*+1/i24D;19D,20D;21D,22D;17D,18D. The molecule has 0 saturated heterocycles. The van der Waals surface area contributed by atoms with E-state index in [0.717, 1.165) is 201 Å². The lowest BCUT2D eigenvalue weighted by molar-refractivity contribution is -0.659. The van der Waals surface area contributed by atoms with Gasteiger partial charge in [0.25, 0.3) is 23.3 Å². The summed E-state index contributed by atoms with van der Waals surface area (Å²) in [6.45, 7) is 35.7. The molecule has 17 nitrogen and oxygen atoms in total. The van der Waals surface area contributed by atoms with E-state index in [-0.39, 0.29) is 0 Å². The molecule has 0 atom stereocenters. The first kappa shape index (κ1) is 86.8. The van der Waals surface area contributed by atoms with E-state index in [1.54, 1.807) is 0 Å². The lowest BCUT2D eigenvalue weighted by Crippen LogP contribution is -2.30. The van der Waals surface area contributed by atoms with Crippen molar-refractivity contribution in [3.05, 3.63) is 418 Å². The van der Waals surface area contributed by atoms with Gasteiger partial charge in [0.2, 0.25) is 0 Å². The summed E-state index contributed by atoms with van der Waals surface area (Å²) in [7, 11) is 8.34. The number of fused-ring (bicyclic) bond motifs is 15. The van der Waals surface area contributed by atoms with Crippen LogP contribution in [0.25, 0.3) is 146 Å². The van der Waals surface area contributed by atoms with Gasteiger partial charge in [-0.25, -0.2) is 38.2 Å². The Kier molecular flexibility index (Phi) is 22.6. The zero-order valence-electron chi connectivity index (χ0n) is 94.8. The van der Waals surface area contributed by atoms with Crippen LogP contribution in [0.4, 0.5) is 0 Å². The number of furan rings is 1. The Morgan fingerprint density at radius 1 is 0.281 bits per heavy atom. The maximum absolute atomic E-state index is 9.38. The lowest BCUT2D eigenvalue weighted by Gasteiger charge is -2.21. The Bertz CT molecular complexity index is 8930. The molecule has 9 aromatic heterocycles. The van der Waals surface area contributed by atoms with Crippen molar-refractivity contribution in [2.24, 2.45) is 28.2 Å². The molecule has 0 N–H and O–H groups in total. The molecule has 13 heterocycles. The highest BCUT2D eigenvalue weighted by atomic mass is 16.3. The summed E-state index contributed by atoms with van der Waals surface area (Å²) in [5, 5.41) is 1.95. The van der Waals surface area contributed by atoms with Crippen LogP contribution in [0.15, 0.2) is 316 Å². The number of hydrogen-bond donors (Lipinski definition) is 0. The van der Waals surface area contributed by atoms with Crippen LogP contribution < -0.4 is 18.3 Å². The molecule has 17 heteroatoms. The molecular weight excluding hydrogens is 1790 g/mol. The average molecular weight is 1930 g/mol. The van der Waals surface area contributed by atoms with Gasteiger partial charge in [-0.2, -0.15) is 18.3 Å². The fourth-order valence-corrected chi connectivity index (χ4v) is 22.9. The summed E-state index contributed by atoms with van der Waals surface area (Å²) in [4.78, 5) is 18.4. The normalized spacial score (nSPS) is 13.7. The first-order valence-corrected chi connectivity index (χ1v) is 50.8. The largest absolute Gasteiger partial charge is 0.456 e. The van der Waals surface area contributed by atoms with Gasteiger partial charge in [-0.1, -0.05) is 249 Å².